The van der Waals surface area contributed by atoms with E-state index in [1.54, 1.807) is 0 Å². The van der Waals surface area contributed by atoms with Gasteiger partial charge < -0.3 is 50.8 Å². The number of imidazole rings is 2. The number of nitrogens with two attached hydrogens (primary N) is 2. The fourth-order valence-corrected chi connectivity index (χ4v) is 15.2. The van der Waals surface area contributed by atoms with Crippen molar-refractivity contribution in [2.75, 3.05) is 14.2 Å². The van der Waals surface area contributed by atoms with Crippen LogP contribution in [0.4, 0.5) is 9.59 Å². The predicted octanol–water partition coefficient (Wildman–Crippen LogP) is 11.0. The molecule has 2 saturated carbocycles. The maximum atomic E-state index is 15.0. The molecule has 4 bridgehead atoms. The zero-order chi connectivity index (χ0) is 65.4. The number of rotatable bonds is 18. The molecule has 0 spiro atoms. The van der Waals surface area contributed by atoms with E-state index in [9.17, 15) is 19.2 Å². The number of fused-ring (bicyclic) bond motifs is 4. The van der Waals surface area contributed by atoms with Crippen LogP contribution in [0.2, 0.25) is 0 Å². The first-order chi connectivity index (χ1) is 44.1. The Labute approximate surface area is 540 Å². The van der Waals surface area contributed by atoms with Gasteiger partial charge in [-0.2, -0.15) is 0 Å². The summed E-state index contributed by atoms with van der Waals surface area (Å²) in [5, 5.41) is 5.67. The molecular formula is C72H94N10O10. The van der Waals surface area contributed by atoms with Crippen molar-refractivity contribution < 1.29 is 47.7 Å². The lowest BCUT2D eigenvalue weighted by atomic mass is 9.84. The summed E-state index contributed by atoms with van der Waals surface area (Å²) in [6.45, 7) is 14.9. The third kappa shape index (κ3) is 13.2. The highest BCUT2D eigenvalue weighted by Crippen LogP contribution is 2.49. The SMILES string of the molecule is COC(=O)N[C@H](C(=O)N1C(c2nc3ccc(-c4cc5ccc4CCc4ccc(c(-c6ccc7nc([C@@H]8C[C@@H]9CCCC[C@@H]9N8C(=O)[C@@H](NC(=O)OC)C(C)C)n(COC(=O)[C@@H](N)C(C)C)c7c6)c4)CC5)cc3n2COC(=O)[C@@H](N)C(C)C)C[C@@H]2CCCC[C@@H]21)C(C)C. The Morgan fingerprint density at radius 1 is 0.511 bits per heavy atom. The minimum atomic E-state index is -0.836. The van der Waals surface area contributed by atoms with Crippen LogP contribution in [0.3, 0.4) is 0 Å². The summed E-state index contributed by atoms with van der Waals surface area (Å²) >= 11 is 0. The summed E-state index contributed by atoms with van der Waals surface area (Å²) in [4.78, 5) is 97.3. The molecule has 2 aliphatic heterocycles. The molecule has 8 aliphatic rings. The molecule has 92 heavy (non-hydrogen) atoms. The zero-order valence-corrected chi connectivity index (χ0v) is 55.2. The van der Waals surface area contributed by atoms with Crippen molar-refractivity contribution in [2.24, 2.45) is 47.0 Å². The molecular weight excluding hydrogens is 1160 g/mol. The van der Waals surface area contributed by atoms with Crippen LogP contribution >= 0.6 is 0 Å². The summed E-state index contributed by atoms with van der Waals surface area (Å²) in [6.07, 6.45) is 10.7. The van der Waals surface area contributed by atoms with Gasteiger partial charge >= 0.3 is 24.1 Å². The van der Waals surface area contributed by atoms with Crippen LogP contribution in [-0.2, 0) is 77.3 Å². The Morgan fingerprint density at radius 3 is 1.27 bits per heavy atom. The molecule has 1 unspecified atom stereocenters. The van der Waals surface area contributed by atoms with Gasteiger partial charge in [-0.25, -0.2) is 19.6 Å². The molecule has 10 atom stereocenters. The first-order valence-electron chi connectivity index (χ1n) is 33.6. The van der Waals surface area contributed by atoms with Gasteiger partial charge in [0.05, 0.1) is 48.4 Å². The number of nitrogens with zero attached hydrogens (tertiary/aromatic N) is 6. The van der Waals surface area contributed by atoms with Gasteiger partial charge in [0.2, 0.25) is 11.8 Å². The predicted molar refractivity (Wildman–Crippen MR) is 351 cm³/mol. The number of likely N-dealkylation sites (tertiary alicyclic amines) is 2. The number of aromatic nitrogens is 4. The van der Waals surface area contributed by atoms with E-state index in [-0.39, 0.29) is 72.9 Å². The Morgan fingerprint density at radius 2 is 0.902 bits per heavy atom. The fraction of sp³-hybridized carbons (Fsp3) is 0.556. The molecule has 6 aromatic rings. The molecule has 4 heterocycles. The molecule has 6 N–H and O–H groups in total. The van der Waals surface area contributed by atoms with Crippen LogP contribution in [0.15, 0.2) is 72.8 Å². The Hall–Kier alpha value is -7.84. The third-order valence-electron chi connectivity index (χ3n) is 20.6. The van der Waals surface area contributed by atoms with Crippen LogP contribution in [-0.4, -0.2) is 115 Å². The molecule has 6 aliphatic carbocycles. The van der Waals surface area contributed by atoms with Crippen molar-refractivity contribution in [2.45, 2.75) is 207 Å². The Balaban J connectivity index is 0.940. The number of amides is 4. The second-order valence-corrected chi connectivity index (χ2v) is 27.8. The van der Waals surface area contributed by atoms with E-state index in [4.69, 9.17) is 40.4 Å². The van der Waals surface area contributed by atoms with Crippen molar-refractivity contribution >= 4 is 58.0 Å². The zero-order valence-electron chi connectivity index (χ0n) is 55.2. The lowest BCUT2D eigenvalue weighted by Gasteiger charge is -2.37. The van der Waals surface area contributed by atoms with Gasteiger partial charge in [0.25, 0.3) is 0 Å². The van der Waals surface area contributed by atoms with Crippen molar-refractivity contribution in [3.05, 3.63) is 107 Å². The summed E-state index contributed by atoms with van der Waals surface area (Å²) < 4.78 is 26.1. The standard InChI is InChI=1S/C72H94N10O10/c1-39(2)61(73)69(85)91-37-79-57-33-47(27-29-53(57)75-65(79)59-35-49-15-11-13-17-55(49)81(59)67(83)63(41(5)6)77-71(87)89-9)51-31-43-19-23-45(51)25-21-44-20-24-46(26-22-43)52(32-44)48-28-30-54-58(34-48)80(38-92-70(86)62(74)40(3)4)66(76-54)60-36-50-16-12-14-18-56(50)82(60)68(84)64(42(7)8)78-72(88)90-10/h19-20,23-24,27-34,39-42,49-50,55-56,59-64H,11-18,21-22,25-26,35-38,73-74H2,1-10H3,(H,77,87)(H,78,88)/t49-,50-,55-,56-,59-,60?,61-,62-,63-,64-/m0/s1. The van der Waals surface area contributed by atoms with Crippen LogP contribution in [0, 0.1) is 35.5 Å². The normalized spacial score (nSPS) is 21.8. The maximum Gasteiger partial charge on any atom is 0.407 e. The first kappa shape index (κ1) is 65.6. The number of carbonyl (C=O) groups is 6. The third-order valence-corrected chi connectivity index (χ3v) is 20.6. The fourth-order valence-electron chi connectivity index (χ4n) is 15.2. The summed E-state index contributed by atoms with van der Waals surface area (Å²) in [5.74, 6) is -0.467. The molecule has 4 amide bonds. The van der Waals surface area contributed by atoms with E-state index in [1.807, 2.05) is 86.5 Å². The molecule has 4 aromatic carbocycles. The maximum absolute atomic E-state index is 15.0. The highest BCUT2D eigenvalue weighted by atomic mass is 16.6. The van der Waals surface area contributed by atoms with Gasteiger partial charge in [-0.1, -0.05) is 130 Å². The van der Waals surface area contributed by atoms with Gasteiger partial charge in [0.1, 0.15) is 35.8 Å². The number of nitrogens with one attached hydrogen (secondary N) is 2. The number of benzene rings is 4. The second-order valence-electron chi connectivity index (χ2n) is 27.8. The van der Waals surface area contributed by atoms with Crippen molar-refractivity contribution in [1.29, 1.82) is 0 Å². The number of ether oxygens (including phenoxy) is 4. The van der Waals surface area contributed by atoms with Gasteiger partial charge in [-0.3, -0.25) is 28.3 Å². The van der Waals surface area contributed by atoms with E-state index in [1.165, 1.54) is 25.3 Å². The lowest BCUT2D eigenvalue weighted by molar-refractivity contribution is -0.151. The summed E-state index contributed by atoms with van der Waals surface area (Å²) in [7, 11) is 2.60. The minimum Gasteiger partial charge on any atom is -0.453 e. The Kier molecular flexibility index (Phi) is 19.8. The minimum absolute atomic E-state index is 0.0487. The van der Waals surface area contributed by atoms with Gasteiger partial charge in [-0.15, -0.1) is 0 Å². The van der Waals surface area contributed by atoms with Gasteiger partial charge in [0.15, 0.2) is 13.5 Å². The molecule has 4 fully saturated rings. The largest absolute Gasteiger partial charge is 0.453 e. The highest BCUT2D eigenvalue weighted by Gasteiger charge is 2.51. The monoisotopic (exact) mass is 1260 g/mol. The topological polar surface area (TPSA) is 258 Å². The van der Waals surface area contributed by atoms with Gasteiger partial charge in [0, 0.05) is 12.1 Å². The number of hydrogen-bond acceptors (Lipinski definition) is 14. The van der Waals surface area contributed by atoms with Crippen LogP contribution in [0.5, 0.6) is 0 Å². The number of aryl methyl sites for hydroxylation is 4. The highest BCUT2D eigenvalue weighted by molar-refractivity contribution is 5.90. The van der Waals surface area contributed by atoms with E-state index in [2.05, 4.69) is 71.3 Å². The molecule has 2 saturated heterocycles. The average Bonchev–Trinajstić information content (AvgIpc) is 1.59. The molecule has 0 radical (unpaired) electrons. The second kappa shape index (κ2) is 27.8. The van der Waals surface area contributed by atoms with Crippen molar-refractivity contribution in [3.8, 4) is 22.3 Å². The van der Waals surface area contributed by atoms with Gasteiger partial charge in [-0.05, 0) is 168 Å². The van der Waals surface area contributed by atoms with Crippen LogP contribution in [0.1, 0.15) is 166 Å². The van der Waals surface area contributed by atoms with Crippen molar-refractivity contribution in [1.82, 2.24) is 39.5 Å². The number of hydrogen-bond donors (Lipinski definition) is 4. The molecule has 20 nitrogen and oxygen atoms in total. The Bertz CT molecular complexity index is 3500. The summed E-state index contributed by atoms with van der Waals surface area (Å²) in [5.41, 5.74) is 24.5. The van der Waals surface area contributed by atoms with E-state index in [0.29, 0.717) is 35.5 Å². The number of esters is 2. The van der Waals surface area contributed by atoms with Crippen LogP contribution < -0.4 is 22.1 Å². The molecule has 20 heteroatoms. The summed E-state index contributed by atoms with van der Waals surface area (Å²) in [6, 6.07) is 21.8. The lowest BCUT2D eigenvalue weighted by Crippen LogP contribution is -2.54. The quantitative estimate of drug-likeness (QED) is 0.0461. The first-order valence-corrected chi connectivity index (χ1v) is 33.6. The van der Waals surface area contributed by atoms with Crippen LogP contribution in [0.25, 0.3) is 44.3 Å². The van der Waals surface area contributed by atoms with Crippen molar-refractivity contribution in [3.63, 3.8) is 0 Å². The molecule has 14 rings (SSSR count). The average molecular weight is 1260 g/mol. The number of carbonyl (C=O) groups excluding carboxylic acids is 6. The van der Waals surface area contributed by atoms with E-state index in [0.717, 1.165) is 121 Å². The number of methoxy groups -OCH3 is 2. The number of alkyl carbamates (subject to hydrolysis) is 2. The molecule has 2 aromatic heterocycles. The van der Waals surface area contributed by atoms with E-state index >= 15 is 9.59 Å². The van der Waals surface area contributed by atoms with E-state index < -0.39 is 60.4 Å². The molecule has 492 valence electrons. The smallest absolute Gasteiger partial charge is 0.407 e.